The van der Waals surface area contributed by atoms with Crippen molar-refractivity contribution >= 4 is 17.5 Å². The van der Waals surface area contributed by atoms with Crippen molar-refractivity contribution in [2.75, 3.05) is 18.4 Å². The smallest absolute Gasteiger partial charge is 0.250 e. The fraction of sp³-hybridized carbons (Fsp3) is 0.385. The van der Waals surface area contributed by atoms with Gasteiger partial charge in [-0.1, -0.05) is 12.1 Å². The van der Waals surface area contributed by atoms with Crippen LogP contribution in [0, 0.1) is 5.92 Å². The summed E-state index contributed by atoms with van der Waals surface area (Å²) in [5, 5.41) is 5.97. The van der Waals surface area contributed by atoms with Crippen molar-refractivity contribution in [1.29, 1.82) is 0 Å². The Morgan fingerprint density at radius 1 is 1.33 bits per heavy atom. The third-order valence-electron chi connectivity index (χ3n) is 3.12. The van der Waals surface area contributed by atoms with Crippen LogP contribution in [0.2, 0.25) is 0 Å². The molecule has 2 rings (SSSR count). The molecule has 1 aromatic rings. The molecule has 1 aliphatic rings. The number of para-hydroxylation sites is 1. The largest absolute Gasteiger partial charge is 0.366 e. The van der Waals surface area contributed by atoms with E-state index in [2.05, 4.69) is 10.6 Å². The number of anilines is 1. The number of rotatable bonds is 3. The highest BCUT2D eigenvalue weighted by atomic mass is 16.2. The van der Waals surface area contributed by atoms with Crippen molar-refractivity contribution in [3.63, 3.8) is 0 Å². The van der Waals surface area contributed by atoms with Gasteiger partial charge in [0.1, 0.15) is 0 Å². The Bertz CT molecular complexity index is 453. The molecule has 1 heterocycles. The van der Waals surface area contributed by atoms with Crippen LogP contribution in [0.3, 0.4) is 0 Å². The van der Waals surface area contributed by atoms with Gasteiger partial charge in [-0.05, 0) is 31.5 Å². The Labute approximate surface area is 106 Å². The molecular weight excluding hydrogens is 230 g/mol. The van der Waals surface area contributed by atoms with E-state index in [9.17, 15) is 9.59 Å². The summed E-state index contributed by atoms with van der Waals surface area (Å²) in [5.41, 5.74) is 6.10. The highest BCUT2D eigenvalue weighted by Crippen LogP contribution is 2.17. The van der Waals surface area contributed by atoms with Crippen LogP contribution in [0.25, 0.3) is 0 Å². The van der Waals surface area contributed by atoms with Crippen LogP contribution in [0.5, 0.6) is 0 Å². The van der Waals surface area contributed by atoms with Crippen molar-refractivity contribution in [1.82, 2.24) is 5.32 Å². The molecule has 0 radical (unpaired) electrons. The molecule has 5 nitrogen and oxygen atoms in total. The lowest BCUT2D eigenvalue weighted by Gasteiger charge is -2.22. The minimum absolute atomic E-state index is 0.0420. The highest BCUT2D eigenvalue weighted by Gasteiger charge is 2.21. The number of nitrogens with one attached hydrogen (secondary N) is 2. The lowest BCUT2D eigenvalue weighted by Crippen LogP contribution is -2.37. The van der Waals surface area contributed by atoms with Crippen LogP contribution in [-0.4, -0.2) is 24.9 Å². The molecule has 0 bridgehead atoms. The lowest BCUT2D eigenvalue weighted by atomic mass is 9.98. The van der Waals surface area contributed by atoms with Gasteiger partial charge in [0.2, 0.25) is 5.91 Å². The number of carbonyl (C=O) groups excluding carboxylic acids is 2. The zero-order valence-electron chi connectivity index (χ0n) is 10.1. The zero-order valence-corrected chi connectivity index (χ0v) is 10.1. The Hall–Kier alpha value is -1.88. The van der Waals surface area contributed by atoms with Crippen LogP contribution < -0.4 is 16.4 Å². The van der Waals surface area contributed by atoms with E-state index in [4.69, 9.17) is 5.73 Å². The predicted octanol–water partition coefficient (Wildman–Crippen LogP) is 0.724. The predicted molar refractivity (Wildman–Crippen MR) is 69.2 cm³/mol. The molecule has 4 N–H and O–H groups in total. The van der Waals surface area contributed by atoms with Crippen LogP contribution >= 0.6 is 0 Å². The van der Waals surface area contributed by atoms with Gasteiger partial charge in [-0.25, -0.2) is 0 Å². The number of hydrogen-bond acceptors (Lipinski definition) is 3. The maximum atomic E-state index is 12.0. The molecule has 1 fully saturated rings. The summed E-state index contributed by atoms with van der Waals surface area (Å²) < 4.78 is 0. The Balaban J connectivity index is 2.08. The van der Waals surface area contributed by atoms with Crippen LogP contribution in [-0.2, 0) is 4.79 Å². The van der Waals surface area contributed by atoms with E-state index in [1.165, 1.54) is 0 Å². The van der Waals surface area contributed by atoms with E-state index < -0.39 is 5.91 Å². The van der Waals surface area contributed by atoms with Gasteiger partial charge in [0.25, 0.3) is 5.91 Å². The Morgan fingerprint density at radius 2 is 2.11 bits per heavy atom. The maximum absolute atomic E-state index is 12.0. The molecule has 1 aliphatic heterocycles. The van der Waals surface area contributed by atoms with Gasteiger partial charge in [0.05, 0.1) is 17.2 Å². The minimum Gasteiger partial charge on any atom is -0.366 e. The molecule has 5 heteroatoms. The quantitative estimate of drug-likeness (QED) is 0.736. The summed E-state index contributed by atoms with van der Waals surface area (Å²) >= 11 is 0. The van der Waals surface area contributed by atoms with Crippen LogP contribution in [0.1, 0.15) is 23.2 Å². The SMILES string of the molecule is NC(=O)c1ccccc1NC(=O)[C@H]1CCCNC1. The van der Waals surface area contributed by atoms with Gasteiger partial charge in [-0.2, -0.15) is 0 Å². The first-order valence-electron chi connectivity index (χ1n) is 6.09. The molecule has 0 aromatic heterocycles. The van der Waals surface area contributed by atoms with Crippen molar-refractivity contribution < 1.29 is 9.59 Å². The number of primary amides is 1. The molecule has 0 unspecified atom stereocenters. The first-order chi connectivity index (χ1) is 8.68. The number of amides is 2. The van der Waals surface area contributed by atoms with E-state index >= 15 is 0 Å². The molecule has 0 saturated carbocycles. The summed E-state index contributed by atoms with van der Waals surface area (Å²) in [4.78, 5) is 23.3. The normalized spacial score (nSPS) is 19.2. The molecule has 0 spiro atoms. The summed E-state index contributed by atoms with van der Waals surface area (Å²) in [6.07, 6.45) is 1.87. The Kier molecular flexibility index (Phi) is 3.94. The van der Waals surface area contributed by atoms with Crippen molar-refractivity contribution in [2.45, 2.75) is 12.8 Å². The number of nitrogens with two attached hydrogens (primary N) is 1. The van der Waals surface area contributed by atoms with E-state index in [1.54, 1.807) is 24.3 Å². The summed E-state index contributed by atoms with van der Waals surface area (Å²) in [6, 6.07) is 6.78. The van der Waals surface area contributed by atoms with Crippen molar-refractivity contribution in [3.8, 4) is 0 Å². The average Bonchev–Trinajstić information content (AvgIpc) is 2.40. The number of carbonyl (C=O) groups is 2. The van der Waals surface area contributed by atoms with Gasteiger partial charge >= 0.3 is 0 Å². The molecule has 1 saturated heterocycles. The topological polar surface area (TPSA) is 84.2 Å². The molecule has 18 heavy (non-hydrogen) atoms. The van der Waals surface area contributed by atoms with Gasteiger partial charge in [0, 0.05) is 6.54 Å². The summed E-state index contributed by atoms with van der Waals surface area (Å²) in [6.45, 7) is 1.65. The average molecular weight is 247 g/mol. The van der Waals surface area contributed by atoms with E-state index in [1.807, 2.05) is 0 Å². The molecule has 1 aromatic carbocycles. The van der Waals surface area contributed by atoms with Crippen LogP contribution in [0.15, 0.2) is 24.3 Å². The molecule has 1 atom stereocenters. The second kappa shape index (κ2) is 5.64. The highest BCUT2D eigenvalue weighted by molar-refractivity contribution is 6.03. The fourth-order valence-electron chi connectivity index (χ4n) is 2.12. The summed E-state index contributed by atoms with van der Waals surface area (Å²) in [5.74, 6) is -0.636. The second-order valence-electron chi connectivity index (χ2n) is 4.44. The first-order valence-corrected chi connectivity index (χ1v) is 6.09. The van der Waals surface area contributed by atoms with Crippen molar-refractivity contribution in [2.24, 2.45) is 11.7 Å². The van der Waals surface area contributed by atoms with Gasteiger partial charge in [-0.3, -0.25) is 9.59 Å². The zero-order chi connectivity index (χ0) is 13.0. The maximum Gasteiger partial charge on any atom is 0.250 e. The van der Waals surface area contributed by atoms with E-state index in [0.29, 0.717) is 17.8 Å². The van der Waals surface area contributed by atoms with E-state index in [0.717, 1.165) is 19.4 Å². The third-order valence-corrected chi connectivity index (χ3v) is 3.12. The minimum atomic E-state index is -0.535. The van der Waals surface area contributed by atoms with Crippen molar-refractivity contribution in [3.05, 3.63) is 29.8 Å². The van der Waals surface area contributed by atoms with Gasteiger partial charge < -0.3 is 16.4 Å². The lowest BCUT2D eigenvalue weighted by molar-refractivity contribution is -0.120. The number of benzene rings is 1. The monoisotopic (exact) mass is 247 g/mol. The Morgan fingerprint density at radius 3 is 2.78 bits per heavy atom. The number of piperidine rings is 1. The fourth-order valence-corrected chi connectivity index (χ4v) is 2.12. The molecular formula is C13H17N3O2. The first kappa shape index (κ1) is 12.6. The molecule has 2 amide bonds. The van der Waals surface area contributed by atoms with Gasteiger partial charge in [0.15, 0.2) is 0 Å². The van der Waals surface area contributed by atoms with E-state index in [-0.39, 0.29) is 11.8 Å². The molecule has 0 aliphatic carbocycles. The van der Waals surface area contributed by atoms with Gasteiger partial charge in [-0.15, -0.1) is 0 Å². The summed E-state index contributed by atoms with van der Waals surface area (Å²) in [7, 11) is 0. The standard InChI is InChI=1S/C13H17N3O2/c14-12(17)10-5-1-2-6-11(10)16-13(18)9-4-3-7-15-8-9/h1-2,5-6,9,15H,3-4,7-8H2,(H2,14,17)(H,16,18)/t9-/m0/s1. The van der Waals surface area contributed by atoms with Crippen LogP contribution in [0.4, 0.5) is 5.69 Å². The number of hydrogen-bond donors (Lipinski definition) is 3. The third kappa shape index (κ3) is 2.87. The second-order valence-corrected chi connectivity index (χ2v) is 4.44. The molecule has 96 valence electrons.